The summed E-state index contributed by atoms with van der Waals surface area (Å²) >= 11 is 0. The number of rotatable bonds is 2. The topological polar surface area (TPSA) is 9.23 Å². The van der Waals surface area contributed by atoms with E-state index in [1.165, 1.54) is 22.3 Å². The fourth-order valence-electron chi connectivity index (χ4n) is 2.57. The van der Waals surface area contributed by atoms with Crippen molar-refractivity contribution in [1.29, 1.82) is 0 Å². The quantitative estimate of drug-likeness (QED) is 0.746. The van der Waals surface area contributed by atoms with Gasteiger partial charge < -0.3 is 4.74 Å². The molecule has 0 aromatic heterocycles. The first kappa shape index (κ1) is 12.7. The van der Waals surface area contributed by atoms with Crippen LogP contribution in [0.2, 0.25) is 0 Å². The third-order valence-corrected chi connectivity index (χ3v) is 3.71. The normalized spacial score (nSPS) is 13.9. The highest BCUT2D eigenvalue weighted by molar-refractivity contribution is 5.88. The van der Waals surface area contributed by atoms with Crippen LogP contribution in [-0.2, 0) is 4.74 Å². The fourth-order valence-corrected chi connectivity index (χ4v) is 2.57. The van der Waals surface area contributed by atoms with Gasteiger partial charge in [-0.25, -0.2) is 0 Å². The summed E-state index contributed by atoms with van der Waals surface area (Å²) in [7, 11) is 1.74. The number of methoxy groups -OCH3 is 1. The molecule has 1 aliphatic rings. The summed E-state index contributed by atoms with van der Waals surface area (Å²) in [5.74, 6) is 0.957. The highest BCUT2D eigenvalue weighted by Gasteiger charge is 2.12. The number of benzene rings is 2. The molecule has 0 saturated heterocycles. The Morgan fingerprint density at radius 2 is 1.70 bits per heavy atom. The van der Waals surface area contributed by atoms with Crippen LogP contribution >= 0.6 is 0 Å². The lowest BCUT2D eigenvalue weighted by atomic mass is 9.99. The maximum Gasteiger partial charge on any atom is 0.123 e. The Labute approximate surface area is 120 Å². The minimum atomic E-state index is 0.890. The van der Waals surface area contributed by atoms with Crippen molar-refractivity contribution in [3.63, 3.8) is 0 Å². The predicted molar refractivity (Wildman–Crippen MR) is 85.1 cm³/mol. The largest absolute Gasteiger partial charge is 0.496 e. The van der Waals surface area contributed by atoms with E-state index in [4.69, 9.17) is 4.74 Å². The zero-order valence-electron chi connectivity index (χ0n) is 11.9. The van der Waals surface area contributed by atoms with Gasteiger partial charge in [0.2, 0.25) is 0 Å². The SMILES string of the molecule is COC1=CCC(c2ccc(C)cc2)=Cc2ccccc21. The lowest BCUT2D eigenvalue weighted by Crippen LogP contribution is -1.89. The van der Waals surface area contributed by atoms with Crippen LogP contribution in [-0.4, -0.2) is 7.11 Å². The highest BCUT2D eigenvalue weighted by atomic mass is 16.5. The van der Waals surface area contributed by atoms with Crippen LogP contribution in [0.15, 0.2) is 54.6 Å². The lowest BCUT2D eigenvalue weighted by molar-refractivity contribution is 0.369. The van der Waals surface area contributed by atoms with Gasteiger partial charge in [0.05, 0.1) is 7.11 Å². The van der Waals surface area contributed by atoms with Gasteiger partial charge in [-0.2, -0.15) is 0 Å². The number of hydrogen-bond donors (Lipinski definition) is 0. The molecule has 0 aliphatic heterocycles. The fraction of sp³-hybridized carbons (Fsp3) is 0.158. The molecule has 0 radical (unpaired) electrons. The molecule has 100 valence electrons. The molecule has 1 heteroatoms. The minimum absolute atomic E-state index is 0.890. The second-order valence-corrected chi connectivity index (χ2v) is 5.10. The number of hydrogen-bond acceptors (Lipinski definition) is 1. The Balaban J connectivity index is 2.09. The molecule has 0 saturated carbocycles. The molecular weight excluding hydrogens is 244 g/mol. The van der Waals surface area contributed by atoms with Crippen LogP contribution in [0.4, 0.5) is 0 Å². The molecule has 3 rings (SSSR count). The van der Waals surface area contributed by atoms with E-state index in [1.807, 2.05) is 0 Å². The lowest BCUT2D eigenvalue weighted by Gasteiger charge is -2.07. The van der Waals surface area contributed by atoms with Gasteiger partial charge in [-0.05, 0) is 36.1 Å². The molecule has 2 aromatic carbocycles. The molecule has 0 amide bonds. The van der Waals surface area contributed by atoms with E-state index >= 15 is 0 Å². The van der Waals surface area contributed by atoms with Crippen LogP contribution in [0.3, 0.4) is 0 Å². The van der Waals surface area contributed by atoms with Gasteiger partial charge in [-0.1, -0.05) is 60.2 Å². The Morgan fingerprint density at radius 3 is 2.45 bits per heavy atom. The van der Waals surface area contributed by atoms with E-state index in [1.54, 1.807) is 7.11 Å². The van der Waals surface area contributed by atoms with Gasteiger partial charge in [0.1, 0.15) is 5.76 Å². The summed E-state index contributed by atoms with van der Waals surface area (Å²) in [6.07, 6.45) is 5.32. The molecule has 1 nitrogen and oxygen atoms in total. The van der Waals surface area contributed by atoms with Crippen molar-refractivity contribution in [2.75, 3.05) is 7.11 Å². The van der Waals surface area contributed by atoms with E-state index in [2.05, 4.69) is 67.6 Å². The van der Waals surface area contributed by atoms with Crippen molar-refractivity contribution in [3.05, 3.63) is 76.9 Å². The summed E-state index contributed by atoms with van der Waals surface area (Å²) in [4.78, 5) is 0. The molecule has 0 bridgehead atoms. The maximum atomic E-state index is 5.53. The van der Waals surface area contributed by atoms with Crippen LogP contribution in [0.25, 0.3) is 17.4 Å². The van der Waals surface area contributed by atoms with E-state index in [9.17, 15) is 0 Å². The van der Waals surface area contributed by atoms with Gasteiger partial charge in [0.25, 0.3) is 0 Å². The minimum Gasteiger partial charge on any atom is -0.496 e. The van der Waals surface area contributed by atoms with Crippen molar-refractivity contribution < 1.29 is 4.74 Å². The summed E-state index contributed by atoms with van der Waals surface area (Å²) in [5.41, 5.74) is 6.27. The average molecular weight is 262 g/mol. The van der Waals surface area contributed by atoms with Crippen LogP contribution in [0.5, 0.6) is 0 Å². The maximum absolute atomic E-state index is 5.53. The van der Waals surface area contributed by atoms with Gasteiger partial charge in [-0.15, -0.1) is 0 Å². The van der Waals surface area contributed by atoms with Crippen LogP contribution in [0.1, 0.15) is 28.7 Å². The summed E-state index contributed by atoms with van der Waals surface area (Å²) in [6.45, 7) is 2.11. The molecule has 0 N–H and O–H groups in total. The Kier molecular flexibility index (Phi) is 3.42. The van der Waals surface area contributed by atoms with Gasteiger partial charge in [-0.3, -0.25) is 0 Å². The summed E-state index contributed by atoms with van der Waals surface area (Å²) in [5, 5.41) is 0. The van der Waals surface area contributed by atoms with Crippen molar-refractivity contribution in [2.45, 2.75) is 13.3 Å². The molecule has 0 spiro atoms. The molecule has 0 fully saturated rings. The van der Waals surface area contributed by atoms with E-state index < -0.39 is 0 Å². The van der Waals surface area contributed by atoms with Gasteiger partial charge >= 0.3 is 0 Å². The zero-order valence-corrected chi connectivity index (χ0v) is 11.9. The molecule has 0 heterocycles. The number of allylic oxidation sites excluding steroid dienone is 2. The summed E-state index contributed by atoms with van der Waals surface area (Å²) in [6, 6.07) is 17.1. The Morgan fingerprint density at radius 1 is 0.950 bits per heavy atom. The van der Waals surface area contributed by atoms with Gasteiger partial charge in [0.15, 0.2) is 0 Å². The number of aryl methyl sites for hydroxylation is 1. The zero-order chi connectivity index (χ0) is 13.9. The summed E-state index contributed by atoms with van der Waals surface area (Å²) < 4.78 is 5.53. The molecule has 0 atom stereocenters. The Hall–Kier alpha value is -2.28. The van der Waals surface area contributed by atoms with Gasteiger partial charge in [0, 0.05) is 5.56 Å². The van der Waals surface area contributed by atoms with Crippen LogP contribution in [0, 0.1) is 6.92 Å². The molecule has 20 heavy (non-hydrogen) atoms. The van der Waals surface area contributed by atoms with Crippen molar-refractivity contribution in [1.82, 2.24) is 0 Å². The third-order valence-electron chi connectivity index (χ3n) is 3.71. The first-order valence-electron chi connectivity index (χ1n) is 6.89. The third kappa shape index (κ3) is 2.39. The molecular formula is C19H18O. The number of fused-ring (bicyclic) bond motifs is 1. The average Bonchev–Trinajstić information content (AvgIpc) is 2.67. The van der Waals surface area contributed by atoms with Crippen molar-refractivity contribution >= 4 is 17.4 Å². The highest BCUT2D eigenvalue weighted by Crippen LogP contribution is 2.31. The van der Waals surface area contributed by atoms with E-state index in [0.29, 0.717) is 0 Å². The predicted octanol–water partition coefficient (Wildman–Crippen LogP) is 4.93. The molecule has 2 aromatic rings. The first-order valence-corrected chi connectivity index (χ1v) is 6.89. The van der Waals surface area contributed by atoms with Crippen molar-refractivity contribution in [2.24, 2.45) is 0 Å². The Bertz CT molecular complexity index is 675. The van der Waals surface area contributed by atoms with E-state index in [0.717, 1.165) is 17.7 Å². The number of ether oxygens (including phenoxy) is 1. The molecule has 1 aliphatic carbocycles. The van der Waals surface area contributed by atoms with Crippen LogP contribution < -0.4 is 0 Å². The monoisotopic (exact) mass is 262 g/mol. The smallest absolute Gasteiger partial charge is 0.123 e. The van der Waals surface area contributed by atoms with Crippen molar-refractivity contribution in [3.8, 4) is 0 Å². The second-order valence-electron chi connectivity index (χ2n) is 5.10. The van der Waals surface area contributed by atoms with E-state index in [-0.39, 0.29) is 0 Å². The molecule has 0 unspecified atom stereocenters. The first-order chi connectivity index (χ1) is 9.78. The standard InChI is InChI=1S/C19H18O/c1-14-7-9-15(10-8-14)16-11-12-19(20-2)18-6-4-3-5-17(18)13-16/h3-10,12-13H,11H2,1-2H3. The second kappa shape index (κ2) is 5.38.